The molecule has 0 aromatic rings. The Labute approximate surface area is 85.0 Å². The highest BCUT2D eigenvalue weighted by molar-refractivity contribution is 5.87. The summed E-state index contributed by atoms with van der Waals surface area (Å²) in [7, 11) is 2.07. The van der Waals surface area contributed by atoms with Crippen molar-refractivity contribution in [1.82, 2.24) is 15.5 Å². The van der Waals surface area contributed by atoms with Gasteiger partial charge in [0.05, 0.1) is 0 Å². The Bertz CT molecular complexity index is 244. The van der Waals surface area contributed by atoms with Gasteiger partial charge in [-0.1, -0.05) is 0 Å². The maximum Gasteiger partial charge on any atom is 0.240 e. The predicted octanol–water partition coefficient (Wildman–Crippen LogP) is -0.441. The molecule has 2 atom stereocenters. The molecular formula is C10H19N3O. The normalized spacial score (nSPS) is 39.9. The van der Waals surface area contributed by atoms with E-state index >= 15 is 0 Å². The predicted molar refractivity (Wildman–Crippen MR) is 55.1 cm³/mol. The molecule has 80 valence electrons. The lowest BCUT2D eigenvalue weighted by Gasteiger charge is -2.48. The Morgan fingerprint density at radius 2 is 2.29 bits per heavy atom. The minimum atomic E-state index is -0.233. The topological polar surface area (TPSA) is 44.4 Å². The highest BCUT2D eigenvalue weighted by Crippen LogP contribution is 2.29. The lowest BCUT2D eigenvalue weighted by atomic mass is 9.81. The van der Waals surface area contributed by atoms with Crippen LogP contribution in [0.25, 0.3) is 0 Å². The summed E-state index contributed by atoms with van der Waals surface area (Å²) in [6.07, 6.45) is 1.86. The lowest BCUT2D eigenvalue weighted by molar-refractivity contribution is -0.138. The smallest absolute Gasteiger partial charge is 0.240 e. The van der Waals surface area contributed by atoms with Crippen molar-refractivity contribution >= 4 is 5.91 Å². The van der Waals surface area contributed by atoms with Crippen molar-refractivity contribution in [2.45, 2.75) is 31.3 Å². The number of piperazine rings is 1. The van der Waals surface area contributed by atoms with Gasteiger partial charge in [-0.2, -0.15) is 0 Å². The first-order valence-corrected chi connectivity index (χ1v) is 5.38. The summed E-state index contributed by atoms with van der Waals surface area (Å²) in [6, 6.07) is 0.440. The molecule has 2 rings (SSSR count). The number of piperidine rings is 1. The van der Waals surface area contributed by atoms with Gasteiger partial charge in [-0.15, -0.1) is 0 Å². The fourth-order valence-corrected chi connectivity index (χ4v) is 2.65. The molecular weight excluding hydrogens is 178 g/mol. The zero-order valence-electron chi connectivity index (χ0n) is 8.97. The van der Waals surface area contributed by atoms with Crippen LogP contribution < -0.4 is 10.6 Å². The first-order valence-electron chi connectivity index (χ1n) is 5.38. The molecule has 2 fully saturated rings. The number of hydrogen-bond acceptors (Lipinski definition) is 3. The van der Waals surface area contributed by atoms with Crippen LogP contribution in [0.3, 0.4) is 0 Å². The fourth-order valence-electron chi connectivity index (χ4n) is 2.65. The van der Waals surface area contributed by atoms with E-state index in [-0.39, 0.29) is 11.4 Å². The Hall–Kier alpha value is -0.610. The molecule has 2 aliphatic heterocycles. The highest BCUT2D eigenvalue weighted by Gasteiger charge is 2.46. The first kappa shape index (κ1) is 9.93. The van der Waals surface area contributed by atoms with Crippen LogP contribution in [0.4, 0.5) is 0 Å². The Morgan fingerprint density at radius 1 is 1.50 bits per heavy atom. The minimum absolute atomic E-state index is 0.222. The molecule has 0 radical (unpaired) electrons. The largest absolute Gasteiger partial charge is 0.353 e. The Balaban J connectivity index is 2.20. The number of carbonyl (C=O) groups excluding carboxylic acids is 1. The summed E-state index contributed by atoms with van der Waals surface area (Å²) in [5.41, 5.74) is -0.233. The summed E-state index contributed by atoms with van der Waals surface area (Å²) < 4.78 is 0. The summed E-state index contributed by atoms with van der Waals surface area (Å²) in [6.45, 7) is 4.85. The molecule has 1 amide bonds. The molecule has 2 saturated heterocycles. The quantitative estimate of drug-likeness (QED) is 0.553. The number of hydrogen-bond donors (Lipinski definition) is 2. The molecule has 0 aliphatic carbocycles. The van der Waals surface area contributed by atoms with Crippen molar-refractivity contribution in [3.05, 3.63) is 0 Å². The number of likely N-dealkylation sites (N-methyl/N-ethyl adjacent to an activating group) is 1. The standard InChI is InChI=1S/C10H19N3O/c1-8-7-10(3-4-11-8)9(14)12-5-6-13(10)2/h8,11H,3-7H2,1-2H3,(H,12,14). The van der Waals surface area contributed by atoms with E-state index in [0.717, 1.165) is 32.5 Å². The van der Waals surface area contributed by atoms with Gasteiger partial charge >= 0.3 is 0 Å². The van der Waals surface area contributed by atoms with Crippen molar-refractivity contribution in [3.8, 4) is 0 Å². The molecule has 0 aromatic carbocycles. The second-order valence-electron chi connectivity index (χ2n) is 4.52. The van der Waals surface area contributed by atoms with Crippen LogP contribution in [-0.2, 0) is 4.79 Å². The lowest BCUT2D eigenvalue weighted by Crippen LogP contribution is -2.67. The summed E-state index contributed by atoms with van der Waals surface area (Å²) in [5.74, 6) is 0.222. The number of rotatable bonds is 0. The van der Waals surface area contributed by atoms with Gasteiger partial charge in [0.25, 0.3) is 0 Å². The van der Waals surface area contributed by atoms with E-state index in [1.54, 1.807) is 0 Å². The van der Waals surface area contributed by atoms with E-state index in [1.807, 2.05) is 0 Å². The summed E-state index contributed by atoms with van der Waals surface area (Å²) in [5, 5.41) is 6.37. The van der Waals surface area contributed by atoms with Crippen molar-refractivity contribution in [2.24, 2.45) is 0 Å². The van der Waals surface area contributed by atoms with Gasteiger partial charge in [-0.25, -0.2) is 0 Å². The molecule has 2 heterocycles. The van der Waals surface area contributed by atoms with Gasteiger partial charge in [0.1, 0.15) is 5.54 Å². The van der Waals surface area contributed by atoms with Gasteiger partial charge in [0, 0.05) is 19.1 Å². The highest BCUT2D eigenvalue weighted by atomic mass is 16.2. The molecule has 1 spiro atoms. The van der Waals surface area contributed by atoms with E-state index in [1.165, 1.54) is 0 Å². The van der Waals surface area contributed by atoms with Crippen LogP contribution in [0.15, 0.2) is 0 Å². The SMILES string of the molecule is CC1CC2(CCN1)C(=O)NCCN2C. The monoisotopic (exact) mass is 197 g/mol. The van der Waals surface area contributed by atoms with Gasteiger partial charge in [-0.3, -0.25) is 9.69 Å². The van der Waals surface area contributed by atoms with Gasteiger partial charge < -0.3 is 10.6 Å². The second-order valence-corrected chi connectivity index (χ2v) is 4.52. The van der Waals surface area contributed by atoms with E-state index in [0.29, 0.717) is 6.04 Å². The number of nitrogens with zero attached hydrogens (tertiary/aromatic N) is 1. The molecule has 2 unspecified atom stereocenters. The second kappa shape index (κ2) is 3.51. The number of carbonyl (C=O) groups is 1. The third-order valence-corrected chi connectivity index (χ3v) is 3.56. The van der Waals surface area contributed by atoms with Crippen LogP contribution in [0.1, 0.15) is 19.8 Å². The summed E-state index contributed by atoms with van der Waals surface area (Å²) >= 11 is 0. The maximum absolute atomic E-state index is 11.9. The van der Waals surface area contributed by atoms with Crippen LogP contribution in [0, 0.1) is 0 Å². The Morgan fingerprint density at radius 3 is 2.93 bits per heavy atom. The molecule has 2 N–H and O–H groups in total. The van der Waals surface area contributed by atoms with Crippen molar-refractivity contribution in [2.75, 3.05) is 26.7 Å². The van der Waals surface area contributed by atoms with Crippen LogP contribution in [-0.4, -0.2) is 49.1 Å². The molecule has 2 aliphatic rings. The molecule has 0 aromatic heterocycles. The maximum atomic E-state index is 11.9. The van der Waals surface area contributed by atoms with Crippen LogP contribution in [0.2, 0.25) is 0 Å². The number of amides is 1. The van der Waals surface area contributed by atoms with Gasteiger partial charge in [-0.05, 0) is 33.4 Å². The molecule has 4 nitrogen and oxygen atoms in total. The van der Waals surface area contributed by atoms with Crippen molar-refractivity contribution in [3.63, 3.8) is 0 Å². The van der Waals surface area contributed by atoms with Gasteiger partial charge in [0.15, 0.2) is 0 Å². The fraction of sp³-hybridized carbons (Fsp3) is 0.900. The molecule has 4 heteroatoms. The average Bonchev–Trinajstić information content (AvgIpc) is 2.15. The number of nitrogens with one attached hydrogen (secondary N) is 2. The minimum Gasteiger partial charge on any atom is -0.353 e. The van der Waals surface area contributed by atoms with Crippen LogP contribution >= 0.6 is 0 Å². The first-order chi connectivity index (χ1) is 6.65. The molecule has 14 heavy (non-hydrogen) atoms. The third-order valence-electron chi connectivity index (χ3n) is 3.56. The van der Waals surface area contributed by atoms with E-state index in [2.05, 4.69) is 29.5 Å². The van der Waals surface area contributed by atoms with E-state index in [9.17, 15) is 4.79 Å². The Kier molecular flexibility index (Phi) is 2.49. The molecule has 0 saturated carbocycles. The van der Waals surface area contributed by atoms with Crippen LogP contribution in [0.5, 0.6) is 0 Å². The van der Waals surface area contributed by atoms with E-state index < -0.39 is 0 Å². The summed E-state index contributed by atoms with van der Waals surface area (Å²) in [4.78, 5) is 14.2. The zero-order chi connectivity index (χ0) is 10.2. The van der Waals surface area contributed by atoms with E-state index in [4.69, 9.17) is 0 Å². The third kappa shape index (κ3) is 1.42. The van der Waals surface area contributed by atoms with Gasteiger partial charge in [0.2, 0.25) is 5.91 Å². The van der Waals surface area contributed by atoms with Crippen molar-refractivity contribution < 1.29 is 4.79 Å². The molecule has 0 bridgehead atoms. The van der Waals surface area contributed by atoms with Crippen molar-refractivity contribution in [1.29, 1.82) is 0 Å². The zero-order valence-corrected chi connectivity index (χ0v) is 8.97. The average molecular weight is 197 g/mol.